The molecule has 0 aliphatic rings. The van der Waals surface area contributed by atoms with Gasteiger partial charge < -0.3 is 15.4 Å². The predicted molar refractivity (Wildman–Crippen MR) is 93.0 cm³/mol. The molecule has 0 fully saturated rings. The van der Waals surface area contributed by atoms with E-state index in [2.05, 4.69) is 10.6 Å². The van der Waals surface area contributed by atoms with E-state index in [0.717, 1.165) is 5.56 Å². The van der Waals surface area contributed by atoms with E-state index in [-0.39, 0.29) is 31.0 Å². The number of hydrogen-bond acceptors (Lipinski definition) is 3. The highest BCUT2D eigenvalue weighted by molar-refractivity contribution is 6.30. The Balaban J connectivity index is 1.69. The number of nitrogens with one attached hydrogen (secondary N) is 2. The molecule has 5 nitrogen and oxygen atoms in total. The first-order valence-corrected chi connectivity index (χ1v) is 7.92. The smallest absolute Gasteiger partial charge is 0.258 e. The van der Waals surface area contributed by atoms with E-state index < -0.39 is 0 Å². The molecule has 0 radical (unpaired) electrons. The van der Waals surface area contributed by atoms with E-state index in [1.807, 2.05) is 37.3 Å². The highest BCUT2D eigenvalue weighted by Gasteiger charge is 2.10. The molecule has 0 spiro atoms. The number of halogens is 1. The van der Waals surface area contributed by atoms with Gasteiger partial charge in [-0.3, -0.25) is 9.59 Å². The third kappa shape index (κ3) is 5.93. The molecule has 0 aliphatic carbocycles. The van der Waals surface area contributed by atoms with Crippen LogP contribution < -0.4 is 15.4 Å². The minimum absolute atomic E-state index is 0.0972. The van der Waals surface area contributed by atoms with Crippen LogP contribution in [-0.2, 0) is 9.59 Å². The van der Waals surface area contributed by atoms with Crippen LogP contribution in [0.1, 0.15) is 18.5 Å². The van der Waals surface area contributed by atoms with Crippen LogP contribution >= 0.6 is 11.6 Å². The zero-order valence-corrected chi connectivity index (χ0v) is 14.0. The van der Waals surface area contributed by atoms with Crippen LogP contribution in [-0.4, -0.2) is 25.0 Å². The summed E-state index contributed by atoms with van der Waals surface area (Å²) in [7, 11) is 0. The second kappa shape index (κ2) is 8.93. The maximum atomic E-state index is 11.9. The molecule has 126 valence electrons. The van der Waals surface area contributed by atoms with Gasteiger partial charge in [0, 0.05) is 5.02 Å². The van der Waals surface area contributed by atoms with Gasteiger partial charge >= 0.3 is 0 Å². The third-order valence-electron chi connectivity index (χ3n) is 3.31. The van der Waals surface area contributed by atoms with Crippen LogP contribution in [0.4, 0.5) is 0 Å². The van der Waals surface area contributed by atoms with Gasteiger partial charge in [-0.2, -0.15) is 0 Å². The molecule has 1 unspecified atom stereocenters. The van der Waals surface area contributed by atoms with Crippen molar-refractivity contribution in [1.82, 2.24) is 10.6 Å². The van der Waals surface area contributed by atoms with Gasteiger partial charge in [0.25, 0.3) is 5.91 Å². The number of rotatable bonds is 7. The molecule has 2 amide bonds. The lowest BCUT2D eigenvalue weighted by atomic mass is 10.1. The van der Waals surface area contributed by atoms with Gasteiger partial charge in [0.15, 0.2) is 6.61 Å². The molecule has 0 saturated carbocycles. The fourth-order valence-corrected chi connectivity index (χ4v) is 2.15. The Labute approximate surface area is 146 Å². The Morgan fingerprint density at radius 1 is 1.04 bits per heavy atom. The molecule has 0 bridgehead atoms. The van der Waals surface area contributed by atoms with Crippen LogP contribution in [0.15, 0.2) is 54.6 Å². The maximum Gasteiger partial charge on any atom is 0.258 e. The summed E-state index contributed by atoms with van der Waals surface area (Å²) < 4.78 is 5.30. The molecule has 0 heterocycles. The zero-order chi connectivity index (χ0) is 17.4. The molecule has 6 heteroatoms. The third-order valence-corrected chi connectivity index (χ3v) is 3.56. The summed E-state index contributed by atoms with van der Waals surface area (Å²) >= 11 is 5.77. The van der Waals surface area contributed by atoms with Crippen molar-refractivity contribution in [2.24, 2.45) is 0 Å². The summed E-state index contributed by atoms with van der Waals surface area (Å²) in [5.41, 5.74) is 1.00. The summed E-state index contributed by atoms with van der Waals surface area (Å²) in [4.78, 5) is 23.6. The molecule has 0 saturated heterocycles. The second-order valence-electron chi connectivity index (χ2n) is 5.22. The summed E-state index contributed by atoms with van der Waals surface area (Å²) in [5.74, 6) is -0.0876. The van der Waals surface area contributed by atoms with Gasteiger partial charge in [-0.25, -0.2) is 0 Å². The van der Waals surface area contributed by atoms with Crippen LogP contribution in [0.3, 0.4) is 0 Å². The lowest BCUT2D eigenvalue weighted by Gasteiger charge is -2.14. The molecule has 24 heavy (non-hydrogen) atoms. The van der Waals surface area contributed by atoms with Crippen molar-refractivity contribution in [2.45, 2.75) is 13.0 Å². The van der Waals surface area contributed by atoms with Crippen molar-refractivity contribution < 1.29 is 14.3 Å². The highest BCUT2D eigenvalue weighted by Crippen LogP contribution is 2.15. The first-order valence-electron chi connectivity index (χ1n) is 7.54. The summed E-state index contributed by atoms with van der Waals surface area (Å²) in [6.45, 7) is 1.63. The van der Waals surface area contributed by atoms with Crippen molar-refractivity contribution in [3.05, 3.63) is 65.2 Å². The Kier molecular flexibility index (Phi) is 6.63. The monoisotopic (exact) mass is 346 g/mol. The van der Waals surface area contributed by atoms with Crippen LogP contribution in [0.2, 0.25) is 5.02 Å². The van der Waals surface area contributed by atoms with Gasteiger partial charge in [0.05, 0.1) is 12.6 Å². The zero-order valence-electron chi connectivity index (χ0n) is 13.3. The van der Waals surface area contributed by atoms with E-state index in [1.165, 1.54) is 0 Å². The quantitative estimate of drug-likeness (QED) is 0.810. The summed E-state index contributed by atoms with van der Waals surface area (Å²) in [6.07, 6.45) is 0. The number of carbonyl (C=O) groups excluding carboxylic acids is 2. The number of ether oxygens (including phenoxy) is 1. The van der Waals surface area contributed by atoms with Crippen LogP contribution in [0.25, 0.3) is 0 Å². The summed E-state index contributed by atoms with van der Waals surface area (Å²) in [5, 5.41) is 5.93. The van der Waals surface area contributed by atoms with Gasteiger partial charge in [0.2, 0.25) is 5.91 Å². The average Bonchev–Trinajstić information content (AvgIpc) is 2.60. The first kappa shape index (κ1) is 17.8. The average molecular weight is 347 g/mol. The minimum Gasteiger partial charge on any atom is -0.484 e. The first-order chi connectivity index (χ1) is 11.5. The standard InChI is InChI=1S/C18H19ClN2O3/c1-13(14-5-3-2-4-6-14)21-17(22)11-20-18(23)12-24-16-9-7-15(19)8-10-16/h2-10,13H,11-12H2,1H3,(H,20,23)(H,21,22). The van der Waals surface area contributed by atoms with Crippen molar-refractivity contribution in [3.8, 4) is 5.75 Å². The molecule has 2 aromatic carbocycles. The van der Waals surface area contributed by atoms with E-state index >= 15 is 0 Å². The molecule has 0 aromatic heterocycles. The number of amides is 2. The number of hydrogen-bond donors (Lipinski definition) is 2. The Morgan fingerprint density at radius 3 is 2.38 bits per heavy atom. The van der Waals surface area contributed by atoms with E-state index in [0.29, 0.717) is 10.8 Å². The van der Waals surface area contributed by atoms with Crippen molar-refractivity contribution in [1.29, 1.82) is 0 Å². The van der Waals surface area contributed by atoms with Gasteiger partial charge in [0.1, 0.15) is 5.75 Å². The van der Waals surface area contributed by atoms with Crippen LogP contribution in [0.5, 0.6) is 5.75 Å². The molecular formula is C18H19ClN2O3. The van der Waals surface area contributed by atoms with Crippen molar-refractivity contribution in [3.63, 3.8) is 0 Å². The lowest BCUT2D eigenvalue weighted by molar-refractivity contribution is -0.127. The molecule has 2 N–H and O–H groups in total. The molecule has 1 atom stereocenters. The maximum absolute atomic E-state index is 11.9. The normalized spacial score (nSPS) is 11.4. The molecule has 2 rings (SSSR count). The number of carbonyl (C=O) groups is 2. The molecule has 2 aromatic rings. The Morgan fingerprint density at radius 2 is 1.71 bits per heavy atom. The largest absolute Gasteiger partial charge is 0.484 e. The Bertz CT molecular complexity index is 674. The number of benzene rings is 2. The predicted octanol–water partition coefficient (Wildman–Crippen LogP) is 2.71. The lowest BCUT2D eigenvalue weighted by Crippen LogP contribution is -2.39. The van der Waals surface area contributed by atoms with Crippen molar-refractivity contribution >= 4 is 23.4 Å². The van der Waals surface area contributed by atoms with Crippen molar-refractivity contribution in [2.75, 3.05) is 13.2 Å². The van der Waals surface area contributed by atoms with E-state index in [4.69, 9.17) is 16.3 Å². The fourth-order valence-electron chi connectivity index (χ4n) is 2.03. The van der Waals surface area contributed by atoms with Gasteiger partial charge in [-0.15, -0.1) is 0 Å². The fraction of sp³-hybridized carbons (Fsp3) is 0.222. The SMILES string of the molecule is CC(NC(=O)CNC(=O)COc1ccc(Cl)cc1)c1ccccc1. The summed E-state index contributed by atoms with van der Waals surface area (Å²) in [6, 6.07) is 16.2. The molecular weight excluding hydrogens is 328 g/mol. The molecule has 0 aliphatic heterocycles. The van der Waals surface area contributed by atoms with E-state index in [9.17, 15) is 9.59 Å². The van der Waals surface area contributed by atoms with Crippen LogP contribution in [0, 0.1) is 0 Å². The Hall–Kier alpha value is -2.53. The minimum atomic E-state index is -0.368. The van der Waals surface area contributed by atoms with Gasteiger partial charge in [-0.1, -0.05) is 41.9 Å². The second-order valence-corrected chi connectivity index (χ2v) is 5.66. The highest BCUT2D eigenvalue weighted by atomic mass is 35.5. The van der Waals surface area contributed by atoms with Gasteiger partial charge in [-0.05, 0) is 36.8 Å². The van der Waals surface area contributed by atoms with E-state index in [1.54, 1.807) is 24.3 Å². The topological polar surface area (TPSA) is 67.4 Å².